The van der Waals surface area contributed by atoms with Gasteiger partial charge in [0.1, 0.15) is 0 Å². The second-order valence-corrected chi connectivity index (χ2v) is 5.82. The topological polar surface area (TPSA) is 71.2 Å². The molecule has 1 aliphatic heterocycles. The summed E-state index contributed by atoms with van der Waals surface area (Å²) < 4.78 is 0. The van der Waals surface area contributed by atoms with Crippen LogP contribution in [-0.4, -0.2) is 28.4 Å². The molecule has 1 amide bonds. The molecule has 0 bridgehead atoms. The Morgan fingerprint density at radius 2 is 2.10 bits per heavy atom. The van der Waals surface area contributed by atoms with Gasteiger partial charge >= 0.3 is 0 Å². The quantitative estimate of drug-likeness (QED) is 0.640. The number of fused-ring (bicyclic) bond motifs is 1. The summed E-state index contributed by atoms with van der Waals surface area (Å²) in [7, 11) is 0. The number of carbonyl (C=O) groups excluding carboxylic acids is 1. The van der Waals surface area contributed by atoms with Crippen molar-refractivity contribution < 1.29 is 4.79 Å². The van der Waals surface area contributed by atoms with E-state index in [0.717, 1.165) is 19.4 Å². The van der Waals surface area contributed by atoms with Crippen LogP contribution in [0.15, 0.2) is 18.5 Å². The molecular weight excluding hydrogens is 252 g/mol. The van der Waals surface area contributed by atoms with Crippen molar-refractivity contribution in [3.63, 3.8) is 0 Å². The fourth-order valence-electron chi connectivity index (χ4n) is 3.73. The molecule has 5 heteroatoms. The molecule has 2 fully saturated rings. The maximum absolute atomic E-state index is 12.8. The Bertz CT molecular complexity index is 489. The molecule has 2 heterocycles. The van der Waals surface area contributed by atoms with Crippen LogP contribution < -0.4 is 11.3 Å². The molecule has 108 valence electrons. The zero-order valence-corrected chi connectivity index (χ0v) is 11.7. The minimum absolute atomic E-state index is 0.0944. The van der Waals surface area contributed by atoms with Gasteiger partial charge in [0.05, 0.1) is 17.4 Å². The Morgan fingerprint density at radius 3 is 2.95 bits per heavy atom. The van der Waals surface area contributed by atoms with E-state index >= 15 is 0 Å². The summed E-state index contributed by atoms with van der Waals surface area (Å²) in [6.07, 6.45) is 10.6. The van der Waals surface area contributed by atoms with E-state index in [-0.39, 0.29) is 5.91 Å². The van der Waals surface area contributed by atoms with Crippen molar-refractivity contribution in [3.8, 4) is 0 Å². The fourth-order valence-corrected chi connectivity index (χ4v) is 3.73. The second kappa shape index (κ2) is 5.79. The SMILES string of the molecule is NNc1cnccc1C(=O)N1CCC[C@H]2CCCC[C@H]21. The van der Waals surface area contributed by atoms with Crippen LogP contribution in [0.1, 0.15) is 48.9 Å². The molecule has 3 rings (SSSR count). The molecule has 2 atom stereocenters. The summed E-state index contributed by atoms with van der Waals surface area (Å²) in [6, 6.07) is 2.17. The number of anilines is 1. The molecule has 1 aromatic heterocycles. The minimum atomic E-state index is 0.0944. The normalized spacial score (nSPS) is 25.9. The molecular formula is C15H22N4O. The van der Waals surface area contributed by atoms with Gasteiger partial charge in [-0.2, -0.15) is 0 Å². The molecule has 3 N–H and O–H groups in total. The first-order chi connectivity index (χ1) is 9.81. The van der Waals surface area contributed by atoms with Gasteiger partial charge in [0.2, 0.25) is 0 Å². The Labute approximate surface area is 119 Å². The van der Waals surface area contributed by atoms with Crippen LogP contribution in [0.25, 0.3) is 0 Å². The number of nitrogens with zero attached hydrogens (tertiary/aromatic N) is 2. The lowest BCUT2D eigenvalue weighted by Crippen LogP contribution is -2.49. The van der Waals surface area contributed by atoms with Crippen LogP contribution in [0.4, 0.5) is 5.69 Å². The summed E-state index contributed by atoms with van der Waals surface area (Å²) in [5, 5.41) is 0. The van der Waals surface area contributed by atoms with Crippen LogP contribution in [0.3, 0.4) is 0 Å². The van der Waals surface area contributed by atoms with Gasteiger partial charge in [0.25, 0.3) is 5.91 Å². The molecule has 1 saturated carbocycles. The summed E-state index contributed by atoms with van der Waals surface area (Å²) in [5.41, 5.74) is 3.82. The maximum Gasteiger partial charge on any atom is 0.256 e. The van der Waals surface area contributed by atoms with E-state index in [1.165, 1.54) is 25.7 Å². The van der Waals surface area contributed by atoms with Crippen molar-refractivity contribution in [3.05, 3.63) is 24.0 Å². The Kier molecular flexibility index (Phi) is 3.87. The Morgan fingerprint density at radius 1 is 1.30 bits per heavy atom. The van der Waals surface area contributed by atoms with E-state index < -0.39 is 0 Å². The number of piperidine rings is 1. The lowest BCUT2D eigenvalue weighted by atomic mass is 9.78. The number of likely N-dealkylation sites (tertiary alicyclic amines) is 1. The maximum atomic E-state index is 12.8. The zero-order valence-electron chi connectivity index (χ0n) is 11.7. The molecule has 1 aliphatic carbocycles. The predicted molar refractivity (Wildman–Crippen MR) is 78.1 cm³/mol. The fraction of sp³-hybridized carbons (Fsp3) is 0.600. The van der Waals surface area contributed by atoms with Crippen molar-refractivity contribution in [2.75, 3.05) is 12.0 Å². The molecule has 5 nitrogen and oxygen atoms in total. The average Bonchev–Trinajstić information content (AvgIpc) is 2.53. The lowest BCUT2D eigenvalue weighted by Gasteiger charge is -2.44. The summed E-state index contributed by atoms with van der Waals surface area (Å²) in [6.45, 7) is 0.867. The number of nitrogens with two attached hydrogens (primary N) is 1. The molecule has 1 saturated heterocycles. The van der Waals surface area contributed by atoms with Crippen LogP contribution >= 0.6 is 0 Å². The van der Waals surface area contributed by atoms with E-state index in [2.05, 4.69) is 15.3 Å². The van der Waals surface area contributed by atoms with Crippen molar-refractivity contribution >= 4 is 11.6 Å². The summed E-state index contributed by atoms with van der Waals surface area (Å²) in [4.78, 5) is 18.9. The molecule has 0 unspecified atom stereocenters. The highest BCUT2D eigenvalue weighted by atomic mass is 16.2. The molecule has 1 aromatic rings. The highest BCUT2D eigenvalue weighted by Gasteiger charge is 2.36. The molecule has 0 aromatic carbocycles. The van der Waals surface area contributed by atoms with Crippen LogP contribution in [-0.2, 0) is 0 Å². The van der Waals surface area contributed by atoms with Gasteiger partial charge < -0.3 is 10.3 Å². The second-order valence-electron chi connectivity index (χ2n) is 5.82. The number of hydrogen-bond acceptors (Lipinski definition) is 4. The molecule has 2 aliphatic rings. The zero-order chi connectivity index (χ0) is 13.9. The van der Waals surface area contributed by atoms with E-state index in [1.54, 1.807) is 18.5 Å². The van der Waals surface area contributed by atoms with Gasteiger partial charge in [-0.15, -0.1) is 0 Å². The van der Waals surface area contributed by atoms with Crippen LogP contribution in [0, 0.1) is 5.92 Å². The first-order valence-corrected chi connectivity index (χ1v) is 7.53. The Hall–Kier alpha value is -1.62. The number of carbonyl (C=O) groups is 1. The number of aromatic nitrogens is 1. The third-order valence-electron chi connectivity index (χ3n) is 4.71. The van der Waals surface area contributed by atoms with E-state index in [1.807, 2.05) is 0 Å². The third-order valence-corrected chi connectivity index (χ3v) is 4.71. The van der Waals surface area contributed by atoms with Gasteiger partial charge in [-0.1, -0.05) is 12.8 Å². The largest absolute Gasteiger partial charge is 0.335 e. The average molecular weight is 274 g/mol. The van der Waals surface area contributed by atoms with E-state index in [4.69, 9.17) is 5.84 Å². The summed E-state index contributed by atoms with van der Waals surface area (Å²) >= 11 is 0. The van der Waals surface area contributed by atoms with E-state index in [0.29, 0.717) is 23.2 Å². The van der Waals surface area contributed by atoms with E-state index in [9.17, 15) is 4.79 Å². The Balaban J connectivity index is 1.85. The van der Waals surface area contributed by atoms with Gasteiger partial charge in [-0.25, -0.2) is 0 Å². The number of pyridine rings is 1. The van der Waals surface area contributed by atoms with Crippen LogP contribution in [0.5, 0.6) is 0 Å². The number of hydrogen-bond donors (Lipinski definition) is 2. The summed E-state index contributed by atoms with van der Waals surface area (Å²) in [5.74, 6) is 6.28. The number of nitrogens with one attached hydrogen (secondary N) is 1. The highest BCUT2D eigenvalue weighted by Crippen LogP contribution is 2.36. The predicted octanol–water partition coefficient (Wildman–Crippen LogP) is 2.16. The highest BCUT2D eigenvalue weighted by molar-refractivity contribution is 5.99. The van der Waals surface area contributed by atoms with Gasteiger partial charge in [-0.3, -0.25) is 15.6 Å². The van der Waals surface area contributed by atoms with Crippen molar-refractivity contribution in [1.29, 1.82) is 0 Å². The monoisotopic (exact) mass is 274 g/mol. The molecule has 0 radical (unpaired) electrons. The number of nitrogen functional groups attached to an aromatic ring is 1. The van der Waals surface area contributed by atoms with Gasteiger partial charge in [0.15, 0.2) is 0 Å². The number of hydrazine groups is 1. The van der Waals surface area contributed by atoms with Crippen LogP contribution in [0.2, 0.25) is 0 Å². The number of rotatable bonds is 2. The standard InChI is InChI=1S/C15H22N4O/c16-18-13-10-17-8-7-12(13)15(20)19-9-3-5-11-4-1-2-6-14(11)19/h7-8,10-11,14,18H,1-6,9,16H2/t11-,14-/m1/s1. The minimum Gasteiger partial charge on any atom is -0.335 e. The molecule has 20 heavy (non-hydrogen) atoms. The number of amides is 1. The first kappa shape index (κ1) is 13.4. The smallest absolute Gasteiger partial charge is 0.256 e. The third kappa shape index (κ3) is 2.38. The first-order valence-electron chi connectivity index (χ1n) is 7.53. The van der Waals surface area contributed by atoms with Gasteiger partial charge in [0, 0.05) is 18.8 Å². The van der Waals surface area contributed by atoms with Gasteiger partial charge in [-0.05, 0) is 37.7 Å². The van der Waals surface area contributed by atoms with Crippen molar-refractivity contribution in [1.82, 2.24) is 9.88 Å². The molecule has 0 spiro atoms. The van der Waals surface area contributed by atoms with Crippen molar-refractivity contribution in [2.45, 2.75) is 44.6 Å². The van der Waals surface area contributed by atoms with Crippen molar-refractivity contribution in [2.24, 2.45) is 11.8 Å². The lowest BCUT2D eigenvalue weighted by molar-refractivity contribution is 0.0391.